The molecule has 144 valence electrons. The molecular weight excluding hydrogens is 342 g/mol. The van der Waals surface area contributed by atoms with E-state index in [0.29, 0.717) is 30.5 Å². The third-order valence-corrected chi connectivity index (χ3v) is 6.31. The summed E-state index contributed by atoms with van der Waals surface area (Å²) >= 11 is 0. The minimum atomic E-state index is -0.554. The number of anilines is 1. The van der Waals surface area contributed by atoms with E-state index in [4.69, 9.17) is 0 Å². The molecule has 3 amide bonds. The molecule has 0 radical (unpaired) electrons. The van der Waals surface area contributed by atoms with Gasteiger partial charge in [0.15, 0.2) is 0 Å². The average molecular weight is 369 g/mol. The number of carbonyl (C=O) groups excluding carboxylic acids is 3. The molecule has 3 atom stereocenters. The molecule has 2 heterocycles. The second kappa shape index (κ2) is 7.33. The fourth-order valence-electron chi connectivity index (χ4n) is 4.76. The largest absolute Gasteiger partial charge is 0.382 e. The first kappa shape index (κ1) is 18.0. The number of nitrogens with one attached hydrogen (secondary N) is 2. The van der Waals surface area contributed by atoms with Crippen LogP contribution < -0.4 is 10.6 Å². The van der Waals surface area contributed by atoms with Crippen molar-refractivity contribution in [3.63, 3.8) is 0 Å². The SMILES string of the molecule is CC[C@H]1CCCC[C@@H]1Nc1ccc2c(c1)CN(C1CCC(=O)NC1=O)C2=O. The van der Waals surface area contributed by atoms with Crippen LogP contribution in [0.1, 0.15) is 67.8 Å². The molecule has 2 N–H and O–H groups in total. The molecule has 1 unspecified atom stereocenters. The Morgan fingerprint density at radius 2 is 1.96 bits per heavy atom. The van der Waals surface area contributed by atoms with Crippen molar-refractivity contribution in [3.05, 3.63) is 29.3 Å². The lowest BCUT2D eigenvalue weighted by molar-refractivity contribution is -0.136. The van der Waals surface area contributed by atoms with E-state index in [2.05, 4.69) is 23.6 Å². The first-order valence-electron chi connectivity index (χ1n) is 10.1. The highest BCUT2D eigenvalue weighted by molar-refractivity contribution is 6.05. The number of benzene rings is 1. The minimum Gasteiger partial charge on any atom is -0.382 e. The number of fused-ring (bicyclic) bond motifs is 1. The van der Waals surface area contributed by atoms with Gasteiger partial charge in [-0.25, -0.2) is 0 Å². The fourth-order valence-corrected chi connectivity index (χ4v) is 4.76. The van der Waals surface area contributed by atoms with Gasteiger partial charge in [-0.05, 0) is 48.9 Å². The Labute approximate surface area is 159 Å². The van der Waals surface area contributed by atoms with Crippen LogP contribution in [-0.4, -0.2) is 34.7 Å². The summed E-state index contributed by atoms with van der Waals surface area (Å²) in [5.74, 6) is -0.0349. The maximum atomic E-state index is 12.8. The van der Waals surface area contributed by atoms with E-state index < -0.39 is 6.04 Å². The molecular formula is C21H27N3O3. The molecule has 0 bridgehead atoms. The Morgan fingerprint density at radius 3 is 2.74 bits per heavy atom. The molecule has 1 aromatic carbocycles. The van der Waals surface area contributed by atoms with Gasteiger partial charge in [-0.2, -0.15) is 0 Å². The molecule has 4 rings (SSSR count). The van der Waals surface area contributed by atoms with Crippen molar-refractivity contribution < 1.29 is 14.4 Å². The Balaban J connectivity index is 1.49. The third-order valence-electron chi connectivity index (χ3n) is 6.31. The van der Waals surface area contributed by atoms with Crippen LogP contribution in [0.3, 0.4) is 0 Å². The summed E-state index contributed by atoms with van der Waals surface area (Å²) in [6.45, 7) is 2.68. The summed E-state index contributed by atoms with van der Waals surface area (Å²) in [5, 5.41) is 6.03. The number of hydrogen-bond donors (Lipinski definition) is 2. The number of hydrogen-bond acceptors (Lipinski definition) is 4. The van der Waals surface area contributed by atoms with Crippen LogP contribution >= 0.6 is 0 Å². The smallest absolute Gasteiger partial charge is 0.255 e. The van der Waals surface area contributed by atoms with Crippen LogP contribution in [0.5, 0.6) is 0 Å². The molecule has 0 aromatic heterocycles. The van der Waals surface area contributed by atoms with Gasteiger partial charge in [-0.1, -0.05) is 26.2 Å². The maximum Gasteiger partial charge on any atom is 0.255 e. The van der Waals surface area contributed by atoms with Crippen molar-refractivity contribution in [2.45, 2.75) is 70.5 Å². The van der Waals surface area contributed by atoms with E-state index >= 15 is 0 Å². The lowest BCUT2D eigenvalue weighted by Crippen LogP contribution is -2.52. The summed E-state index contributed by atoms with van der Waals surface area (Å²) in [6, 6.07) is 5.84. The molecule has 1 aromatic rings. The topological polar surface area (TPSA) is 78.5 Å². The van der Waals surface area contributed by atoms with E-state index in [9.17, 15) is 14.4 Å². The summed E-state index contributed by atoms with van der Waals surface area (Å²) in [7, 11) is 0. The molecule has 6 nitrogen and oxygen atoms in total. The monoisotopic (exact) mass is 369 g/mol. The van der Waals surface area contributed by atoms with E-state index in [1.165, 1.54) is 32.1 Å². The second-order valence-electron chi connectivity index (χ2n) is 7.98. The normalized spacial score (nSPS) is 28.1. The first-order valence-corrected chi connectivity index (χ1v) is 10.1. The first-order chi connectivity index (χ1) is 13.1. The van der Waals surface area contributed by atoms with Gasteiger partial charge in [0.1, 0.15) is 6.04 Å². The van der Waals surface area contributed by atoms with Crippen LogP contribution in [0.15, 0.2) is 18.2 Å². The van der Waals surface area contributed by atoms with E-state index in [1.54, 1.807) is 4.90 Å². The van der Waals surface area contributed by atoms with Gasteiger partial charge < -0.3 is 10.2 Å². The van der Waals surface area contributed by atoms with Gasteiger partial charge in [0, 0.05) is 30.3 Å². The summed E-state index contributed by atoms with van der Waals surface area (Å²) in [6.07, 6.45) is 6.92. The van der Waals surface area contributed by atoms with Gasteiger partial charge in [0.2, 0.25) is 11.8 Å². The van der Waals surface area contributed by atoms with Crippen LogP contribution in [0.25, 0.3) is 0 Å². The highest BCUT2D eigenvalue weighted by atomic mass is 16.2. The molecule has 3 aliphatic rings. The zero-order chi connectivity index (χ0) is 19.0. The molecule has 2 aliphatic heterocycles. The number of rotatable bonds is 4. The Hall–Kier alpha value is -2.37. The van der Waals surface area contributed by atoms with E-state index in [-0.39, 0.29) is 24.1 Å². The highest BCUT2D eigenvalue weighted by Crippen LogP contribution is 2.32. The van der Waals surface area contributed by atoms with Gasteiger partial charge in [-0.15, -0.1) is 0 Å². The quantitative estimate of drug-likeness (QED) is 0.800. The summed E-state index contributed by atoms with van der Waals surface area (Å²) in [4.78, 5) is 37.9. The standard InChI is InChI=1S/C21H27N3O3/c1-2-13-5-3-4-6-17(13)22-15-7-8-16-14(11-15)12-24(21(16)27)18-9-10-19(25)23-20(18)26/h7-8,11,13,17-18,22H,2-6,9-10,12H2,1H3,(H,23,25,26)/t13-,17-,18?/m0/s1. The van der Waals surface area contributed by atoms with Crippen LogP contribution in [0.2, 0.25) is 0 Å². The summed E-state index contributed by atoms with van der Waals surface area (Å²) in [5.41, 5.74) is 2.68. The Kier molecular flexibility index (Phi) is 4.89. The number of piperidine rings is 1. The predicted molar refractivity (Wildman–Crippen MR) is 102 cm³/mol. The van der Waals surface area contributed by atoms with Crippen LogP contribution in [0, 0.1) is 5.92 Å². The number of amides is 3. The van der Waals surface area contributed by atoms with Gasteiger partial charge in [0.25, 0.3) is 5.91 Å². The van der Waals surface area contributed by atoms with E-state index in [0.717, 1.165) is 11.3 Å². The Bertz CT molecular complexity index is 776. The Morgan fingerprint density at radius 1 is 1.15 bits per heavy atom. The molecule has 6 heteroatoms. The zero-order valence-corrected chi connectivity index (χ0v) is 15.8. The van der Waals surface area contributed by atoms with Crippen molar-refractivity contribution >= 4 is 23.4 Å². The second-order valence-corrected chi connectivity index (χ2v) is 7.98. The third kappa shape index (κ3) is 3.45. The molecule has 1 saturated carbocycles. The lowest BCUT2D eigenvalue weighted by Gasteiger charge is -2.32. The predicted octanol–water partition coefficient (Wildman–Crippen LogP) is 2.83. The van der Waals surface area contributed by atoms with Crippen molar-refractivity contribution in [2.24, 2.45) is 5.92 Å². The highest BCUT2D eigenvalue weighted by Gasteiger charge is 2.39. The van der Waals surface area contributed by atoms with Crippen molar-refractivity contribution in [3.8, 4) is 0 Å². The average Bonchev–Trinajstić information content (AvgIpc) is 2.98. The molecule has 2 fully saturated rings. The van der Waals surface area contributed by atoms with Gasteiger partial charge in [-0.3, -0.25) is 19.7 Å². The van der Waals surface area contributed by atoms with Crippen LogP contribution in [-0.2, 0) is 16.1 Å². The number of nitrogens with zero attached hydrogens (tertiary/aromatic N) is 1. The molecule has 0 spiro atoms. The number of imide groups is 1. The molecule has 27 heavy (non-hydrogen) atoms. The van der Waals surface area contributed by atoms with Crippen molar-refractivity contribution in [1.82, 2.24) is 10.2 Å². The van der Waals surface area contributed by atoms with Crippen molar-refractivity contribution in [2.75, 3.05) is 5.32 Å². The maximum absolute atomic E-state index is 12.8. The number of carbonyl (C=O) groups is 3. The molecule has 1 aliphatic carbocycles. The fraction of sp³-hybridized carbons (Fsp3) is 0.571. The van der Waals surface area contributed by atoms with Gasteiger partial charge in [0.05, 0.1) is 0 Å². The minimum absolute atomic E-state index is 0.116. The molecule has 1 saturated heterocycles. The zero-order valence-electron chi connectivity index (χ0n) is 15.8. The van der Waals surface area contributed by atoms with E-state index in [1.807, 2.05) is 12.1 Å². The van der Waals surface area contributed by atoms with Crippen molar-refractivity contribution in [1.29, 1.82) is 0 Å². The van der Waals surface area contributed by atoms with Gasteiger partial charge >= 0.3 is 0 Å². The lowest BCUT2D eigenvalue weighted by atomic mass is 9.83. The summed E-state index contributed by atoms with van der Waals surface area (Å²) < 4.78 is 0. The van der Waals surface area contributed by atoms with Crippen LogP contribution in [0.4, 0.5) is 5.69 Å².